The predicted molar refractivity (Wildman–Crippen MR) is 107 cm³/mol. The Balaban J connectivity index is 1.43. The minimum Gasteiger partial charge on any atom is -0.339 e. The van der Waals surface area contributed by atoms with E-state index in [9.17, 15) is 14.4 Å². The summed E-state index contributed by atoms with van der Waals surface area (Å²) in [5, 5.41) is 2.94. The average Bonchev–Trinajstić information content (AvgIpc) is 3.38. The van der Waals surface area contributed by atoms with E-state index in [1.807, 2.05) is 21.9 Å². The van der Waals surface area contributed by atoms with E-state index >= 15 is 0 Å². The lowest BCUT2D eigenvalue weighted by molar-refractivity contribution is -0.129. The number of nitrogens with one attached hydrogen (secondary N) is 1. The molecule has 3 amide bonds. The summed E-state index contributed by atoms with van der Waals surface area (Å²) >= 11 is 0. The summed E-state index contributed by atoms with van der Waals surface area (Å²) in [7, 11) is 0. The largest absolute Gasteiger partial charge is 0.339 e. The van der Waals surface area contributed by atoms with Gasteiger partial charge in [-0.15, -0.1) is 0 Å². The first-order chi connectivity index (χ1) is 13.6. The number of likely N-dealkylation sites (tertiary alicyclic amines) is 2. The third kappa shape index (κ3) is 3.91. The minimum absolute atomic E-state index is 0.0225. The van der Waals surface area contributed by atoms with Crippen molar-refractivity contribution >= 4 is 23.4 Å². The standard InChI is InChI=1S/C22H29N3O3/c26-20-14-16(15-25(20)17-8-2-3-9-17)21(27)23-19-11-5-4-10-18(19)22(28)24-12-6-1-7-13-24/h4-5,10-11,16-17H,1-3,6-9,12-15H2,(H,23,27). The van der Waals surface area contributed by atoms with Crippen molar-refractivity contribution < 1.29 is 14.4 Å². The van der Waals surface area contributed by atoms with Crippen molar-refractivity contribution in [1.29, 1.82) is 0 Å². The van der Waals surface area contributed by atoms with Crippen LogP contribution in [0.1, 0.15) is 61.7 Å². The SMILES string of the molecule is O=C(Nc1ccccc1C(=O)N1CCCCC1)C1CC(=O)N(C2CCCC2)C1. The van der Waals surface area contributed by atoms with Gasteiger partial charge in [-0.1, -0.05) is 25.0 Å². The molecule has 0 bridgehead atoms. The van der Waals surface area contributed by atoms with Crippen LogP contribution in [0.25, 0.3) is 0 Å². The molecule has 6 nitrogen and oxygen atoms in total. The molecule has 4 rings (SSSR count). The Hall–Kier alpha value is -2.37. The smallest absolute Gasteiger partial charge is 0.255 e. The summed E-state index contributed by atoms with van der Waals surface area (Å²) in [6, 6.07) is 7.51. The monoisotopic (exact) mass is 383 g/mol. The molecule has 2 aliphatic heterocycles. The molecule has 2 heterocycles. The van der Waals surface area contributed by atoms with E-state index in [-0.39, 0.29) is 30.1 Å². The fourth-order valence-electron chi connectivity index (χ4n) is 4.76. The maximum Gasteiger partial charge on any atom is 0.255 e. The molecular formula is C22H29N3O3. The van der Waals surface area contributed by atoms with Crippen LogP contribution in [0.3, 0.4) is 0 Å². The molecule has 1 aromatic rings. The molecule has 1 aliphatic carbocycles. The van der Waals surface area contributed by atoms with Gasteiger partial charge < -0.3 is 15.1 Å². The van der Waals surface area contributed by atoms with Gasteiger partial charge in [0.15, 0.2) is 0 Å². The molecule has 150 valence electrons. The maximum atomic E-state index is 12.9. The van der Waals surface area contributed by atoms with Crippen molar-refractivity contribution in [2.75, 3.05) is 25.0 Å². The molecule has 1 unspecified atom stereocenters. The van der Waals surface area contributed by atoms with E-state index in [0.29, 0.717) is 23.8 Å². The van der Waals surface area contributed by atoms with Gasteiger partial charge in [-0.25, -0.2) is 0 Å². The third-order valence-electron chi connectivity index (χ3n) is 6.35. The molecule has 3 fully saturated rings. The number of rotatable bonds is 4. The van der Waals surface area contributed by atoms with E-state index in [4.69, 9.17) is 0 Å². The first-order valence-corrected chi connectivity index (χ1v) is 10.6. The Morgan fingerprint density at radius 3 is 2.43 bits per heavy atom. The Labute approximate surface area is 166 Å². The van der Waals surface area contributed by atoms with Gasteiger partial charge in [-0.3, -0.25) is 14.4 Å². The van der Waals surface area contributed by atoms with Gasteiger partial charge in [0.2, 0.25) is 11.8 Å². The summed E-state index contributed by atoms with van der Waals surface area (Å²) < 4.78 is 0. The zero-order valence-corrected chi connectivity index (χ0v) is 16.4. The van der Waals surface area contributed by atoms with Crippen LogP contribution >= 0.6 is 0 Å². The van der Waals surface area contributed by atoms with E-state index in [1.54, 1.807) is 12.1 Å². The first-order valence-electron chi connectivity index (χ1n) is 10.6. The molecule has 1 aromatic carbocycles. The Kier molecular flexibility index (Phi) is 5.64. The second-order valence-corrected chi connectivity index (χ2v) is 8.27. The van der Waals surface area contributed by atoms with Gasteiger partial charge in [0, 0.05) is 32.1 Å². The summed E-state index contributed by atoms with van der Waals surface area (Å²) in [6.07, 6.45) is 7.91. The van der Waals surface area contributed by atoms with Crippen LogP contribution in [-0.4, -0.2) is 53.2 Å². The highest BCUT2D eigenvalue weighted by Crippen LogP contribution is 2.30. The van der Waals surface area contributed by atoms with Crippen molar-refractivity contribution in [3.8, 4) is 0 Å². The molecule has 3 aliphatic rings. The molecule has 1 N–H and O–H groups in total. The molecule has 6 heteroatoms. The van der Waals surface area contributed by atoms with Crippen LogP contribution in [0, 0.1) is 5.92 Å². The van der Waals surface area contributed by atoms with Gasteiger partial charge in [-0.05, 0) is 44.2 Å². The molecule has 0 radical (unpaired) electrons. The van der Waals surface area contributed by atoms with E-state index < -0.39 is 0 Å². The van der Waals surface area contributed by atoms with Crippen molar-refractivity contribution in [3.05, 3.63) is 29.8 Å². The van der Waals surface area contributed by atoms with Crippen LogP contribution in [0.15, 0.2) is 24.3 Å². The number of anilines is 1. The number of para-hydroxylation sites is 1. The number of piperidine rings is 1. The van der Waals surface area contributed by atoms with Gasteiger partial charge >= 0.3 is 0 Å². The average molecular weight is 383 g/mol. The van der Waals surface area contributed by atoms with E-state index in [0.717, 1.165) is 58.0 Å². The van der Waals surface area contributed by atoms with Crippen molar-refractivity contribution in [2.24, 2.45) is 5.92 Å². The Morgan fingerprint density at radius 1 is 0.964 bits per heavy atom. The van der Waals surface area contributed by atoms with Crippen LogP contribution in [0.5, 0.6) is 0 Å². The van der Waals surface area contributed by atoms with Crippen LogP contribution < -0.4 is 5.32 Å². The number of benzene rings is 1. The highest BCUT2D eigenvalue weighted by atomic mass is 16.2. The van der Waals surface area contributed by atoms with Crippen molar-refractivity contribution in [2.45, 2.75) is 57.4 Å². The third-order valence-corrected chi connectivity index (χ3v) is 6.35. The second-order valence-electron chi connectivity index (χ2n) is 8.27. The topological polar surface area (TPSA) is 69.7 Å². The summed E-state index contributed by atoms with van der Waals surface area (Å²) in [5.74, 6) is -0.436. The molecule has 1 atom stereocenters. The highest BCUT2D eigenvalue weighted by Gasteiger charge is 2.38. The van der Waals surface area contributed by atoms with Gasteiger partial charge in [0.05, 0.1) is 17.2 Å². The lowest BCUT2D eigenvalue weighted by Crippen LogP contribution is -2.37. The van der Waals surface area contributed by atoms with Gasteiger partial charge in [0.25, 0.3) is 5.91 Å². The van der Waals surface area contributed by atoms with Gasteiger partial charge in [0.1, 0.15) is 0 Å². The first kappa shape index (κ1) is 19.0. The molecule has 1 saturated carbocycles. The maximum absolute atomic E-state index is 12.9. The van der Waals surface area contributed by atoms with Crippen molar-refractivity contribution in [3.63, 3.8) is 0 Å². The quantitative estimate of drug-likeness (QED) is 0.869. The number of nitrogens with zero attached hydrogens (tertiary/aromatic N) is 2. The normalized spacial score (nSPS) is 23.3. The van der Waals surface area contributed by atoms with E-state index in [2.05, 4.69) is 5.32 Å². The lowest BCUT2D eigenvalue weighted by Gasteiger charge is -2.27. The number of hydrogen-bond donors (Lipinski definition) is 1. The number of amides is 3. The van der Waals surface area contributed by atoms with Crippen molar-refractivity contribution in [1.82, 2.24) is 9.80 Å². The lowest BCUT2D eigenvalue weighted by atomic mass is 10.1. The number of carbonyl (C=O) groups is 3. The summed E-state index contributed by atoms with van der Waals surface area (Å²) in [6.45, 7) is 2.04. The Bertz CT molecular complexity index is 751. The minimum atomic E-state index is -0.341. The zero-order chi connectivity index (χ0) is 19.5. The second kappa shape index (κ2) is 8.33. The highest BCUT2D eigenvalue weighted by molar-refractivity contribution is 6.05. The fraction of sp³-hybridized carbons (Fsp3) is 0.591. The Morgan fingerprint density at radius 2 is 1.68 bits per heavy atom. The zero-order valence-electron chi connectivity index (χ0n) is 16.4. The predicted octanol–water partition coefficient (Wildman–Crippen LogP) is 3.04. The van der Waals surface area contributed by atoms with E-state index in [1.165, 1.54) is 0 Å². The van der Waals surface area contributed by atoms with Crippen LogP contribution in [-0.2, 0) is 9.59 Å². The molecule has 2 saturated heterocycles. The molecule has 28 heavy (non-hydrogen) atoms. The van der Waals surface area contributed by atoms with Crippen LogP contribution in [0.2, 0.25) is 0 Å². The molecule has 0 aromatic heterocycles. The fourth-order valence-corrected chi connectivity index (χ4v) is 4.76. The van der Waals surface area contributed by atoms with Crippen LogP contribution in [0.4, 0.5) is 5.69 Å². The summed E-state index contributed by atoms with van der Waals surface area (Å²) in [5.41, 5.74) is 1.09. The number of hydrogen-bond acceptors (Lipinski definition) is 3. The van der Waals surface area contributed by atoms with Gasteiger partial charge in [-0.2, -0.15) is 0 Å². The molecule has 0 spiro atoms. The molecular weight excluding hydrogens is 354 g/mol. The summed E-state index contributed by atoms with van der Waals surface area (Å²) in [4.78, 5) is 41.9. The number of carbonyl (C=O) groups excluding carboxylic acids is 3.